The van der Waals surface area contributed by atoms with Gasteiger partial charge in [0.25, 0.3) is 0 Å². The second-order valence-electron chi connectivity index (χ2n) is 2.28. The minimum Gasteiger partial charge on any atom is -0.350 e. The minimum atomic E-state index is -0.557. The number of rotatable bonds is 1. The van der Waals surface area contributed by atoms with Gasteiger partial charge in [-0.15, -0.1) is 5.06 Å². The van der Waals surface area contributed by atoms with Gasteiger partial charge in [0.2, 0.25) is 0 Å². The van der Waals surface area contributed by atoms with E-state index in [1.54, 1.807) is 5.06 Å². The summed E-state index contributed by atoms with van der Waals surface area (Å²) >= 11 is 7.32. The monoisotopic (exact) mass is 257 g/mol. The van der Waals surface area contributed by atoms with E-state index < -0.39 is 6.09 Å². The molecule has 0 bridgehead atoms. The normalized spacial score (nSPS) is 16.8. The standard InChI is InChI=1S/C5H10N2O2S2.Cu/c8-5(7(10)11)9-6-3-1-2-4-6;/h10-11H,1-4H2;. The second-order valence-corrected chi connectivity index (χ2v) is 3.40. The van der Waals surface area contributed by atoms with Crippen molar-refractivity contribution in [2.45, 2.75) is 12.8 Å². The van der Waals surface area contributed by atoms with Gasteiger partial charge in [-0.3, -0.25) is 0 Å². The Balaban J connectivity index is 0.00000121. The van der Waals surface area contributed by atoms with Crippen molar-refractivity contribution in [3.8, 4) is 0 Å². The Labute approximate surface area is 93.1 Å². The van der Waals surface area contributed by atoms with Crippen LogP contribution in [0.2, 0.25) is 0 Å². The molecule has 4 nitrogen and oxygen atoms in total. The summed E-state index contributed by atoms with van der Waals surface area (Å²) in [4.78, 5) is 15.6. The van der Waals surface area contributed by atoms with Gasteiger partial charge >= 0.3 is 6.09 Å². The number of nitrogens with zero attached hydrogens (tertiary/aromatic N) is 2. The van der Waals surface area contributed by atoms with Gasteiger partial charge in [0.15, 0.2) is 0 Å². The molecule has 0 saturated carbocycles. The van der Waals surface area contributed by atoms with Crippen LogP contribution in [0, 0.1) is 0 Å². The number of thiol groups is 2. The third-order valence-electron chi connectivity index (χ3n) is 1.44. The van der Waals surface area contributed by atoms with Crippen molar-refractivity contribution in [3.63, 3.8) is 0 Å². The number of hydroxylamine groups is 2. The van der Waals surface area contributed by atoms with Crippen LogP contribution in [0.25, 0.3) is 0 Å². The molecule has 0 unspecified atom stereocenters. The molecular weight excluding hydrogens is 248 g/mol. The molecule has 1 fully saturated rings. The van der Waals surface area contributed by atoms with Gasteiger partial charge < -0.3 is 4.84 Å². The fraction of sp³-hybridized carbons (Fsp3) is 0.800. The van der Waals surface area contributed by atoms with E-state index in [0.29, 0.717) is 0 Å². The van der Waals surface area contributed by atoms with E-state index in [1.165, 1.54) is 0 Å². The van der Waals surface area contributed by atoms with Crippen LogP contribution in [0.3, 0.4) is 0 Å². The van der Waals surface area contributed by atoms with Crippen molar-refractivity contribution in [2.24, 2.45) is 0 Å². The SMILES string of the molecule is O=C(ON1CCCC1)N(S)S.[Cu]. The molecule has 0 aliphatic carbocycles. The molecule has 1 radical (unpaired) electrons. The summed E-state index contributed by atoms with van der Waals surface area (Å²) in [6, 6.07) is 0. The van der Waals surface area contributed by atoms with Gasteiger partial charge in [-0.1, -0.05) is 0 Å². The van der Waals surface area contributed by atoms with Crippen LogP contribution < -0.4 is 0 Å². The van der Waals surface area contributed by atoms with Gasteiger partial charge in [-0.2, -0.15) is 3.71 Å². The predicted molar refractivity (Wildman–Crippen MR) is 47.1 cm³/mol. The number of carbonyl (C=O) groups excluding carboxylic acids is 1. The molecule has 1 amide bonds. The summed E-state index contributed by atoms with van der Waals surface area (Å²) in [6.07, 6.45) is 1.59. The van der Waals surface area contributed by atoms with Crippen LogP contribution in [0.15, 0.2) is 0 Å². The molecule has 1 rings (SSSR count). The first kappa shape index (κ1) is 12.4. The fourth-order valence-corrected chi connectivity index (χ4v) is 0.999. The molecule has 0 aromatic rings. The van der Waals surface area contributed by atoms with Crippen LogP contribution >= 0.6 is 25.6 Å². The van der Waals surface area contributed by atoms with E-state index in [9.17, 15) is 4.79 Å². The Morgan fingerprint density at radius 1 is 1.33 bits per heavy atom. The number of hydrogen-bond acceptors (Lipinski definition) is 5. The van der Waals surface area contributed by atoms with E-state index in [1.807, 2.05) is 0 Å². The van der Waals surface area contributed by atoms with Crippen LogP contribution in [0.4, 0.5) is 4.79 Å². The van der Waals surface area contributed by atoms with Crippen molar-refractivity contribution >= 4 is 31.7 Å². The quantitative estimate of drug-likeness (QED) is 0.546. The molecular formula is C5H10CuN2O2S2. The molecule has 7 heteroatoms. The molecule has 0 spiro atoms. The Morgan fingerprint density at radius 3 is 2.25 bits per heavy atom. The maximum Gasteiger partial charge on any atom is 0.449 e. The Hall–Kier alpha value is 0.449. The van der Waals surface area contributed by atoms with E-state index >= 15 is 0 Å². The van der Waals surface area contributed by atoms with Crippen molar-refractivity contribution in [1.82, 2.24) is 8.77 Å². The van der Waals surface area contributed by atoms with Crippen LogP contribution in [0.1, 0.15) is 12.8 Å². The zero-order chi connectivity index (χ0) is 8.27. The summed E-state index contributed by atoms with van der Waals surface area (Å²) in [5, 5.41) is 1.61. The average Bonchev–Trinajstić information content (AvgIpc) is 2.39. The van der Waals surface area contributed by atoms with Crippen molar-refractivity contribution in [2.75, 3.05) is 13.1 Å². The molecule has 1 heterocycles. The molecule has 1 saturated heterocycles. The summed E-state index contributed by atoms with van der Waals surface area (Å²) in [6.45, 7) is 1.61. The Bertz CT molecular complexity index is 152. The van der Waals surface area contributed by atoms with Gasteiger partial charge in [-0.05, 0) is 38.5 Å². The van der Waals surface area contributed by atoms with Crippen LogP contribution in [-0.4, -0.2) is 28.0 Å². The average molecular weight is 258 g/mol. The predicted octanol–water partition coefficient (Wildman–Crippen LogP) is 1.12. The fourth-order valence-electron chi connectivity index (χ4n) is 0.926. The first-order valence-electron chi connectivity index (χ1n) is 3.35. The minimum absolute atomic E-state index is 0. The molecule has 1 aliphatic rings. The second kappa shape index (κ2) is 5.99. The van der Waals surface area contributed by atoms with Gasteiger partial charge in [0, 0.05) is 30.2 Å². The summed E-state index contributed by atoms with van der Waals surface area (Å²) in [7, 11) is 0. The molecule has 0 aromatic heterocycles. The first-order valence-corrected chi connectivity index (χ1v) is 4.15. The van der Waals surface area contributed by atoms with E-state index in [-0.39, 0.29) is 17.1 Å². The number of carbonyl (C=O) groups is 1. The number of amides is 1. The maximum atomic E-state index is 10.8. The van der Waals surface area contributed by atoms with Crippen molar-refractivity contribution in [3.05, 3.63) is 0 Å². The van der Waals surface area contributed by atoms with Crippen LogP contribution in [-0.2, 0) is 21.9 Å². The third kappa shape index (κ3) is 3.91. The third-order valence-corrected chi connectivity index (χ3v) is 1.76. The zero-order valence-corrected chi connectivity index (χ0v) is 8.97. The smallest absolute Gasteiger partial charge is 0.350 e. The Morgan fingerprint density at radius 2 is 1.83 bits per heavy atom. The topological polar surface area (TPSA) is 32.8 Å². The summed E-state index contributed by atoms with van der Waals surface area (Å²) in [5.74, 6) is 0. The number of hydrogen-bond donors (Lipinski definition) is 2. The van der Waals surface area contributed by atoms with Crippen molar-refractivity contribution in [1.29, 1.82) is 0 Å². The Kier molecular flexibility index (Phi) is 6.21. The largest absolute Gasteiger partial charge is 0.449 e. The first-order chi connectivity index (χ1) is 5.20. The molecule has 75 valence electrons. The molecule has 0 N–H and O–H groups in total. The van der Waals surface area contributed by atoms with E-state index in [4.69, 9.17) is 4.84 Å². The summed E-state index contributed by atoms with van der Waals surface area (Å²) < 4.78 is 0.818. The zero-order valence-electron chi connectivity index (χ0n) is 6.24. The van der Waals surface area contributed by atoms with Crippen LogP contribution in [0.5, 0.6) is 0 Å². The molecule has 0 atom stereocenters. The van der Waals surface area contributed by atoms with Crippen molar-refractivity contribution < 1.29 is 26.7 Å². The summed E-state index contributed by atoms with van der Waals surface area (Å²) in [5.41, 5.74) is 0. The van der Waals surface area contributed by atoms with Gasteiger partial charge in [-0.25, -0.2) is 4.79 Å². The molecule has 1 aliphatic heterocycles. The van der Waals surface area contributed by atoms with Gasteiger partial charge in [0.05, 0.1) is 0 Å². The van der Waals surface area contributed by atoms with E-state index in [2.05, 4.69) is 25.6 Å². The maximum absolute atomic E-state index is 10.8. The molecule has 12 heavy (non-hydrogen) atoms. The molecule has 0 aromatic carbocycles. The van der Waals surface area contributed by atoms with Gasteiger partial charge in [0.1, 0.15) is 0 Å². The van der Waals surface area contributed by atoms with E-state index in [0.717, 1.165) is 29.6 Å².